The molecule has 3 aromatic rings. The lowest BCUT2D eigenvalue weighted by atomic mass is 10.1. The summed E-state index contributed by atoms with van der Waals surface area (Å²) in [6.07, 6.45) is 6.09. The smallest absolute Gasteiger partial charge is 0.225 e. The van der Waals surface area contributed by atoms with Crippen molar-refractivity contribution >= 4 is 11.8 Å². The predicted molar refractivity (Wildman–Crippen MR) is 100 cm³/mol. The van der Waals surface area contributed by atoms with Crippen LogP contribution in [0.5, 0.6) is 0 Å². The highest BCUT2D eigenvalue weighted by Gasteiger charge is 2.16. The van der Waals surface area contributed by atoms with Gasteiger partial charge in [-0.2, -0.15) is 4.98 Å². The van der Waals surface area contributed by atoms with Crippen molar-refractivity contribution in [2.24, 2.45) is 0 Å². The molecule has 1 fully saturated rings. The molecule has 1 aliphatic rings. The van der Waals surface area contributed by atoms with Gasteiger partial charge < -0.3 is 10.2 Å². The molecule has 0 amide bonds. The van der Waals surface area contributed by atoms with Crippen molar-refractivity contribution in [2.75, 3.05) is 23.3 Å². The highest BCUT2D eigenvalue weighted by atomic mass is 15.2. The second-order valence-corrected chi connectivity index (χ2v) is 6.21. The Morgan fingerprint density at radius 2 is 1.80 bits per heavy atom. The average Bonchev–Trinajstić information content (AvgIpc) is 3.23. The fourth-order valence-corrected chi connectivity index (χ4v) is 3.06. The van der Waals surface area contributed by atoms with Crippen LogP contribution in [0.25, 0.3) is 11.3 Å². The monoisotopic (exact) mass is 331 g/mol. The Morgan fingerprint density at radius 3 is 2.56 bits per heavy atom. The number of aromatic nitrogens is 3. The van der Waals surface area contributed by atoms with E-state index in [-0.39, 0.29) is 0 Å². The van der Waals surface area contributed by atoms with Crippen molar-refractivity contribution in [3.8, 4) is 11.3 Å². The molecule has 5 nitrogen and oxygen atoms in total. The maximum atomic E-state index is 4.74. The quantitative estimate of drug-likeness (QED) is 0.771. The zero-order chi connectivity index (χ0) is 16.9. The SMILES string of the molecule is c1ccc(-c2cc(N3CCCC3)nc(NCc3cccnc3)n2)cc1. The molecule has 0 aliphatic carbocycles. The van der Waals surface area contributed by atoms with E-state index in [0.717, 1.165) is 35.7 Å². The Labute approximate surface area is 147 Å². The largest absolute Gasteiger partial charge is 0.356 e. The summed E-state index contributed by atoms with van der Waals surface area (Å²) in [5, 5.41) is 3.35. The van der Waals surface area contributed by atoms with Crippen molar-refractivity contribution in [3.05, 3.63) is 66.5 Å². The van der Waals surface area contributed by atoms with E-state index >= 15 is 0 Å². The average molecular weight is 331 g/mol. The van der Waals surface area contributed by atoms with Gasteiger partial charge in [0.15, 0.2) is 0 Å². The van der Waals surface area contributed by atoms with E-state index in [1.54, 1.807) is 6.20 Å². The molecular weight excluding hydrogens is 310 g/mol. The van der Waals surface area contributed by atoms with E-state index < -0.39 is 0 Å². The molecule has 5 heteroatoms. The van der Waals surface area contributed by atoms with Crippen LogP contribution in [0.4, 0.5) is 11.8 Å². The molecular formula is C20H21N5. The van der Waals surface area contributed by atoms with Gasteiger partial charge in [0.05, 0.1) is 5.69 Å². The van der Waals surface area contributed by atoms with Crippen LogP contribution >= 0.6 is 0 Å². The third-order valence-electron chi connectivity index (χ3n) is 4.39. The van der Waals surface area contributed by atoms with Gasteiger partial charge in [0.1, 0.15) is 5.82 Å². The fourth-order valence-electron chi connectivity index (χ4n) is 3.06. The van der Waals surface area contributed by atoms with E-state index in [4.69, 9.17) is 9.97 Å². The van der Waals surface area contributed by atoms with Crippen LogP contribution in [0.3, 0.4) is 0 Å². The van der Waals surface area contributed by atoms with Crippen molar-refractivity contribution in [3.63, 3.8) is 0 Å². The Balaban J connectivity index is 1.63. The van der Waals surface area contributed by atoms with Crippen LogP contribution in [0.2, 0.25) is 0 Å². The lowest BCUT2D eigenvalue weighted by molar-refractivity contribution is 0.923. The van der Waals surface area contributed by atoms with Crippen LogP contribution in [0.15, 0.2) is 60.9 Å². The Kier molecular flexibility index (Phi) is 4.55. The Bertz CT molecular complexity index is 814. The first-order valence-electron chi connectivity index (χ1n) is 8.71. The summed E-state index contributed by atoms with van der Waals surface area (Å²) >= 11 is 0. The highest BCUT2D eigenvalue weighted by Crippen LogP contribution is 2.25. The van der Waals surface area contributed by atoms with Crippen LogP contribution in [-0.2, 0) is 6.54 Å². The van der Waals surface area contributed by atoms with Crippen LogP contribution in [0.1, 0.15) is 18.4 Å². The molecule has 3 heterocycles. The van der Waals surface area contributed by atoms with Crippen LogP contribution < -0.4 is 10.2 Å². The zero-order valence-electron chi connectivity index (χ0n) is 14.1. The fraction of sp³-hybridized carbons (Fsp3) is 0.250. The highest BCUT2D eigenvalue weighted by molar-refractivity contribution is 5.65. The topological polar surface area (TPSA) is 53.9 Å². The first-order chi connectivity index (χ1) is 12.4. The van der Waals surface area contributed by atoms with Crippen molar-refractivity contribution in [1.82, 2.24) is 15.0 Å². The molecule has 0 atom stereocenters. The third kappa shape index (κ3) is 3.76. The van der Waals surface area contributed by atoms with Gasteiger partial charge in [-0.3, -0.25) is 4.98 Å². The normalized spacial score (nSPS) is 13.8. The number of nitrogens with one attached hydrogen (secondary N) is 1. The van der Waals surface area contributed by atoms with E-state index in [1.807, 2.05) is 36.5 Å². The summed E-state index contributed by atoms with van der Waals surface area (Å²) in [5.74, 6) is 1.66. The number of benzene rings is 1. The summed E-state index contributed by atoms with van der Waals surface area (Å²) in [6.45, 7) is 2.78. The minimum absolute atomic E-state index is 0.658. The molecule has 1 saturated heterocycles. The minimum Gasteiger partial charge on any atom is -0.356 e. The second kappa shape index (κ2) is 7.30. The molecule has 1 aliphatic heterocycles. The molecule has 0 unspecified atom stereocenters. The predicted octanol–water partition coefficient (Wildman–Crippen LogP) is 3.75. The molecule has 0 saturated carbocycles. The third-order valence-corrected chi connectivity index (χ3v) is 4.39. The zero-order valence-corrected chi connectivity index (χ0v) is 14.1. The van der Waals surface area contributed by atoms with Gasteiger partial charge in [-0.25, -0.2) is 4.98 Å². The second-order valence-electron chi connectivity index (χ2n) is 6.21. The van der Waals surface area contributed by atoms with Gasteiger partial charge in [0, 0.05) is 43.7 Å². The maximum absolute atomic E-state index is 4.74. The molecule has 0 radical (unpaired) electrons. The van der Waals surface area contributed by atoms with Gasteiger partial charge in [-0.05, 0) is 24.5 Å². The van der Waals surface area contributed by atoms with E-state index in [2.05, 4.69) is 33.4 Å². The Hall–Kier alpha value is -2.95. The number of anilines is 2. The molecule has 25 heavy (non-hydrogen) atoms. The number of hydrogen-bond acceptors (Lipinski definition) is 5. The first-order valence-corrected chi connectivity index (χ1v) is 8.71. The van der Waals surface area contributed by atoms with Gasteiger partial charge in [-0.15, -0.1) is 0 Å². The Morgan fingerprint density at radius 1 is 0.960 bits per heavy atom. The number of hydrogen-bond donors (Lipinski definition) is 1. The summed E-state index contributed by atoms with van der Waals surface area (Å²) in [5.41, 5.74) is 3.17. The summed E-state index contributed by atoms with van der Waals surface area (Å²) < 4.78 is 0. The first kappa shape index (κ1) is 15.6. The molecule has 1 aromatic carbocycles. The van der Waals surface area contributed by atoms with Gasteiger partial charge in [0.2, 0.25) is 5.95 Å². The lowest BCUT2D eigenvalue weighted by Crippen LogP contribution is -2.20. The molecule has 1 N–H and O–H groups in total. The maximum Gasteiger partial charge on any atom is 0.225 e. The van der Waals surface area contributed by atoms with E-state index in [1.165, 1.54) is 12.8 Å². The molecule has 126 valence electrons. The number of rotatable bonds is 5. The van der Waals surface area contributed by atoms with Crippen molar-refractivity contribution in [2.45, 2.75) is 19.4 Å². The van der Waals surface area contributed by atoms with Crippen molar-refractivity contribution < 1.29 is 0 Å². The van der Waals surface area contributed by atoms with Gasteiger partial charge in [-0.1, -0.05) is 36.4 Å². The molecule has 4 rings (SSSR count). The van der Waals surface area contributed by atoms with Gasteiger partial charge >= 0.3 is 0 Å². The number of nitrogens with zero attached hydrogens (tertiary/aromatic N) is 4. The summed E-state index contributed by atoms with van der Waals surface area (Å²) in [6, 6.07) is 16.3. The van der Waals surface area contributed by atoms with E-state index in [0.29, 0.717) is 12.5 Å². The summed E-state index contributed by atoms with van der Waals surface area (Å²) in [4.78, 5) is 16.0. The lowest BCUT2D eigenvalue weighted by Gasteiger charge is -2.18. The van der Waals surface area contributed by atoms with Crippen LogP contribution in [-0.4, -0.2) is 28.0 Å². The molecule has 0 spiro atoms. The summed E-state index contributed by atoms with van der Waals surface area (Å²) in [7, 11) is 0. The van der Waals surface area contributed by atoms with Gasteiger partial charge in [0.25, 0.3) is 0 Å². The molecule has 2 aromatic heterocycles. The number of pyridine rings is 1. The minimum atomic E-state index is 0.658. The van der Waals surface area contributed by atoms with Crippen molar-refractivity contribution in [1.29, 1.82) is 0 Å². The van der Waals surface area contributed by atoms with Crippen LogP contribution in [0, 0.1) is 0 Å². The standard InChI is InChI=1S/C20H21N5/c1-2-8-17(9-3-1)18-13-19(25-11-4-5-12-25)24-20(23-18)22-15-16-7-6-10-21-14-16/h1-3,6-10,13-14H,4-5,11-12,15H2,(H,22,23,24). The molecule has 0 bridgehead atoms. The van der Waals surface area contributed by atoms with E-state index in [9.17, 15) is 0 Å².